The minimum Gasteiger partial charge on any atom is -0.310 e. The van der Waals surface area contributed by atoms with Crippen LogP contribution in [-0.4, -0.2) is 4.98 Å². The second kappa shape index (κ2) is 12.9. The van der Waals surface area contributed by atoms with Gasteiger partial charge < -0.3 is 4.90 Å². The van der Waals surface area contributed by atoms with Crippen molar-refractivity contribution in [2.75, 3.05) is 4.90 Å². The fraction of sp³-hybridized carbons (Fsp3) is 0.0577. The molecule has 11 rings (SSSR count). The molecule has 1 aliphatic rings. The molecule has 2 heterocycles. The van der Waals surface area contributed by atoms with Crippen LogP contribution in [-0.2, 0) is 5.41 Å². The van der Waals surface area contributed by atoms with Crippen molar-refractivity contribution in [1.29, 1.82) is 0 Å². The van der Waals surface area contributed by atoms with Crippen LogP contribution in [0.2, 0.25) is 0 Å². The van der Waals surface area contributed by atoms with E-state index in [-0.39, 0.29) is 5.41 Å². The van der Waals surface area contributed by atoms with E-state index < -0.39 is 0 Å². The lowest BCUT2D eigenvalue weighted by Gasteiger charge is -2.28. The quantitative estimate of drug-likeness (QED) is 0.168. The smallest absolute Gasteiger partial charge is 0.124 e. The summed E-state index contributed by atoms with van der Waals surface area (Å²) in [5.74, 6) is 0. The Bertz CT molecular complexity index is 3100. The van der Waals surface area contributed by atoms with E-state index in [1.807, 2.05) is 11.3 Å². The van der Waals surface area contributed by atoms with Crippen molar-refractivity contribution in [3.8, 4) is 44.0 Å². The molecule has 0 bridgehead atoms. The SMILES string of the molecule is CC1(C)c2ccccc2-c2ccc(N(c3ccc(-c4cccc5c4sc4c(-c6ccccc6)cccc45)cc3)c3ccc4sc(-c5ccccc5)nc4c3)cc21. The van der Waals surface area contributed by atoms with Crippen LogP contribution in [0.15, 0.2) is 182 Å². The molecule has 266 valence electrons. The molecular formula is C52H36N2S2. The Balaban J connectivity index is 1.04. The number of aromatic nitrogens is 1. The Morgan fingerprint density at radius 2 is 0.982 bits per heavy atom. The molecule has 2 aromatic heterocycles. The normalized spacial score (nSPS) is 13.0. The molecule has 0 saturated carbocycles. The zero-order chi connectivity index (χ0) is 37.4. The van der Waals surface area contributed by atoms with Crippen LogP contribution in [0.3, 0.4) is 0 Å². The molecule has 10 aromatic rings. The van der Waals surface area contributed by atoms with Gasteiger partial charge >= 0.3 is 0 Å². The summed E-state index contributed by atoms with van der Waals surface area (Å²) in [6, 6.07) is 66.4. The molecule has 0 N–H and O–H groups in total. The Morgan fingerprint density at radius 1 is 0.429 bits per heavy atom. The first-order valence-electron chi connectivity index (χ1n) is 19.1. The summed E-state index contributed by atoms with van der Waals surface area (Å²) in [4.78, 5) is 7.54. The molecule has 0 fully saturated rings. The third kappa shape index (κ3) is 5.25. The van der Waals surface area contributed by atoms with Crippen molar-refractivity contribution < 1.29 is 0 Å². The van der Waals surface area contributed by atoms with E-state index in [9.17, 15) is 0 Å². The molecule has 0 unspecified atom stereocenters. The number of hydrogen-bond acceptors (Lipinski definition) is 4. The van der Waals surface area contributed by atoms with Crippen LogP contribution in [0.5, 0.6) is 0 Å². The van der Waals surface area contributed by atoms with Crippen LogP contribution < -0.4 is 4.90 Å². The van der Waals surface area contributed by atoms with E-state index >= 15 is 0 Å². The average Bonchev–Trinajstić information content (AvgIpc) is 3.92. The Kier molecular flexibility index (Phi) is 7.60. The summed E-state index contributed by atoms with van der Waals surface area (Å²) >= 11 is 3.64. The fourth-order valence-corrected chi connectivity index (χ4v) is 11.0. The van der Waals surface area contributed by atoms with Crippen LogP contribution in [0.4, 0.5) is 17.1 Å². The number of fused-ring (bicyclic) bond motifs is 7. The molecular weight excluding hydrogens is 717 g/mol. The highest BCUT2D eigenvalue weighted by Crippen LogP contribution is 2.51. The molecule has 0 saturated heterocycles. The fourth-order valence-electron chi connectivity index (χ4n) is 8.72. The van der Waals surface area contributed by atoms with E-state index in [1.54, 1.807) is 11.3 Å². The van der Waals surface area contributed by atoms with Gasteiger partial charge in [0.1, 0.15) is 5.01 Å². The standard InChI is InChI=1S/C52H36N2S2/c1-52(2)45-22-10-9-17-41(45)42-29-27-37(31-46(42)52)54(38-28-30-48-47(32-38)53-51(55-48)35-15-7-4-8-16-35)36-25-23-34(24-26-36)40-19-12-21-44-43-20-11-18-39(49(43)56-50(40)44)33-13-5-3-6-14-33/h3-32H,1-2H3. The number of rotatable bonds is 6. The van der Waals surface area contributed by atoms with Crippen molar-refractivity contribution >= 4 is 70.1 Å². The molecule has 0 aliphatic heterocycles. The number of thiophene rings is 1. The predicted molar refractivity (Wildman–Crippen MR) is 241 cm³/mol. The van der Waals surface area contributed by atoms with Gasteiger partial charge in [-0.25, -0.2) is 4.98 Å². The number of anilines is 3. The minimum atomic E-state index is -0.107. The maximum Gasteiger partial charge on any atom is 0.124 e. The van der Waals surface area contributed by atoms with Gasteiger partial charge in [-0.2, -0.15) is 0 Å². The predicted octanol–water partition coefficient (Wildman–Crippen LogP) is 15.4. The largest absolute Gasteiger partial charge is 0.310 e. The molecule has 4 heteroatoms. The summed E-state index contributed by atoms with van der Waals surface area (Å²) in [6.45, 7) is 4.70. The minimum absolute atomic E-state index is 0.107. The first-order valence-corrected chi connectivity index (χ1v) is 20.8. The van der Waals surface area contributed by atoms with Gasteiger partial charge in [-0.05, 0) is 87.0 Å². The Labute approximate surface area is 334 Å². The summed E-state index contributed by atoms with van der Waals surface area (Å²) < 4.78 is 3.83. The molecule has 0 radical (unpaired) electrons. The van der Waals surface area contributed by atoms with Gasteiger partial charge in [-0.15, -0.1) is 22.7 Å². The van der Waals surface area contributed by atoms with Gasteiger partial charge in [-0.1, -0.05) is 153 Å². The van der Waals surface area contributed by atoms with Gasteiger partial charge in [0.05, 0.1) is 10.2 Å². The van der Waals surface area contributed by atoms with Crippen molar-refractivity contribution in [2.45, 2.75) is 19.3 Å². The highest BCUT2D eigenvalue weighted by atomic mass is 32.1. The zero-order valence-corrected chi connectivity index (χ0v) is 32.7. The summed E-state index contributed by atoms with van der Waals surface area (Å²) in [5, 5.41) is 3.65. The van der Waals surface area contributed by atoms with Crippen molar-refractivity contribution in [1.82, 2.24) is 4.98 Å². The summed E-state index contributed by atoms with van der Waals surface area (Å²) in [6.07, 6.45) is 0. The van der Waals surface area contributed by atoms with E-state index in [4.69, 9.17) is 4.98 Å². The van der Waals surface area contributed by atoms with Gasteiger partial charge in [0.15, 0.2) is 0 Å². The van der Waals surface area contributed by atoms with Gasteiger partial charge in [0, 0.05) is 48.2 Å². The molecule has 1 aliphatic carbocycles. The molecule has 0 amide bonds. The maximum absolute atomic E-state index is 5.14. The number of thiazole rings is 1. The van der Waals surface area contributed by atoms with E-state index in [2.05, 4.69) is 201 Å². The second-order valence-electron chi connectivity index (χ2n) is 15.2. The molecule has 2 nitrogen and oxygen atoms in total. The topological polar surface area (TPSA) is 16.1 Å². The number of nitrogens with zero attached hydrogens (tertiary/aromatic N) is 2. The second-order valence-corrected chi connectivity index (χ2v) is 17.2. The number of hydrogen-bond donors (Lipinski definition) is 0. The molecule has 8 aromatic carbocycles. The van der Waals surface area contributed by atoms with E-state index in [0.717, 1.165) is 33.1 Å². The van der Waals surface area contributed by atoms with Crippen molar-refractivity contribution in [3.05, 3.63) is 193 Å². The third-order valence-electron chi connectivity index (χ3n) is 11.5. The first kappa shape index (κ1) is 33.0. The monoisotopic (exact) mass is 752 g/mol. The molecule has 0 atom stereocenters. The highest BCUT2D eigenvalue weighted by molar-refractivity contribution is 7.27. The summed E-state index contributed by atoms with van der Waals surface area (Å²) in [5.41, 5.74) is 15.8. The van der Waals surface area contributed by atoms with Crippen LogP contribution in [0.1, 0.15) is 25.0 Å². The van der Waals surface area contributed by atoms with Crippen LogP contribution >= 0.6 is 22.7 Å². The lowest BCUT2D eigenvalue weighted by atomic mass is 9.82. The van der Waals surface area contributed by atoms with E-state index in [0.29, 0.717) is 0 Å². The zero-order valence-electron chi connectivity index (χ0n) is 31.0. The first-order chi connectivity index (χ1) is 27.5. The lowest BCUT2D eigenvalue weighted by Crippen LogP contribution is -2.16. The number of benzene rings is 8. The van der Waals surface area contributed by atoms with E-state index in [1.165, 1.54) is 69.4 Å². The van der Waals surface area contributed by atoms with Crippen LogP contribution in [0, 0.1) is 0 Å². The third-order valence-corrected chi connectivity index (χ3v) is 13.9. The van der Waals surface area contributed by atoms with Crippen molar-refractivity contribution in [2.24, 2.45) is 0 Å². The summed E-state index contributed by atoms with van der Waals surface area (Å²) in [7, 11) is 0. The van der Waals surface area contributed by atoms with Crippen molar-refractivity contribution in [3.63, 3.8) is 0 Å². The Hall–Kier alpha value is -6.33. The molecule has 0 spiro atoms. The van der Waals surface area contributed by atoms with Gasteiger partial charge in [0.2, 0.25) is 0 Å². The Morgan fingerprint density at radius 3 is 1.70 bits per heavy atom. The maximum atomic E-state index is 5.14. The van der Waals surface area contributed by atoms with Gasteiger partial charge in [0.25, 0.3) is 0 Å². The van der Waals surface area contributed by atoms with Crippen LogP contribution in [0.25, 0.3) is 74.3 Å². The average molecular weight is 753 g/mol. The molecule has 56 heavy (non-hydrogen) atoms. The highest BCUT2D eigenvalue weighted by Gasteiger charge is 2.35. The lowest BCUT2D eigenvalue weighted by molar-refractivity contribution is 0.660. The van der Waals surface area contributed by atoms with Gasteiger partial charge in [-0.3, -0.25) is 0 Å².